The molecule has 1 atom stereocenters. The second-order valence-corrected chi connectivity index (χ2v) is 5.90. The molecule has 116 valence electrons. The summed E-state index contributed by atoms with van der Waals surface area (Å²) < 4.78 is 13.0. The number of H-pyrrole nitrogens is 1. The maximum absolute atomic E-state index is 13.0. The summed E-state index contributed by atoms with van der Waals surface area (Å²) in [5.41, 5.74) is 3.62. The van der Waals surface area contributed by atoms with Crippen molar-refractivity contribution in [1.29, 1.82) is 0 Å². The molecule has 1 aliphatic rings. The fourth-order valence-corrected chi connectivity index (χ4v) is 3.17. The summed E-state index contributed by atoms with van der Waals surface area (Å²) in [7, 11) is 0. The van der Waals surface area contributed by atoms with Gasteiger partial charge in [-0.25, -0.2) is 4.39 Å². The van der Waals surface area contributed by atoms with E-state index >= 15 is 0 Å². The van der Waals surface area contributed by atoms with Gasteiger partial charge in [-0.15, -0.1) is 0 Å². The fourth-order valence-electron chi connectivity index (χ4n) is 3.17. The topological polar surface area (TPSA) is 49.0 Å². The van der Waals surface area contributed by atoms with Crippen LogP contribution in [-0.2, 0) is 0 Å². The van der Waals surface area contributed by atoms with Gasteiger partial charge in [0, 0.05) is 36.5 Å². The molecule has 2 aromatic heterocycles. The van der Waals surface area contributed by atoms with E-state index in [1.54, 1.807) is 6.20 Å². The summed E-state index contributed by atoms with van der Waals surface area (Å²) >= 11 is 0. The highest BCUT2D eigenvalue weighted by Gasteiger charge is 2.29. The molecule has 1 aliphatic heterocycles. The van der Waals surface area contributed by atoms with Crippen molar-refractivity contribution in [2.45, 2.75) is 12.3 Å². The number of rotatable bonds is 2. The normalized spacial score (nSPS) is 17.8. The molecule has 1 fully saturated rings. The zero-order chi connectivity index (χ0) is 15.8. The summed E-state index contributed by atoms with van der Waals surface area (Å²) in [4.78, 5) is 22.0. The highest BCUT2D eigenvalue weighted by Crippen LogP contribution is 2.29. The monoisotopic (exact) mass is 309 g/mol. The molecule has 4 rings (SSSR count). The van der Waals surface area contributed by atoms with Crippen LogP contribution in [0.2, 0.25) is 0 Å². The van der Waals surface area contributed by atoms with Crippen LogP contribution in [0.4, 0.5) is 4.39 Å². The molecule has 3 aromatic rings. The second-order valence-electron chi connectivity index (χ2n) is 5.90. The van der Waals surface area contributed by atoms with Crippen LogP contribution < -0.4 is 0 Å². The van der Waals surface area contributed by atoms with Crippen molar-refractivity contribution in [1.82, 2.24) is 14.9 Å². The van der Waals surface area contributed by atoms with Crippen LogP contribution in [0, 0.1) is 5.82 Å². The Kier molecular flexibility index (Phi) is 3.33. The van der Waals surface area contributed by atoms with Crippen LogP contribution in [-0.4, -0.2) is 33.9 Å². The Hall–Kier alpha value is -2.69. The van der Waals surface area contributed by atoms with E-state index in [0.717, 1.165) is 23.1 Å². The van der Waals surface area contributed by atoms with Crippen LogP contribution in [0.1, 0.15) is 28.4 Å². The van der Waals surface area contributed by atoms with Gasteiger partial charge in [-0.3, -0.25) is 9.78 Å². The number of nitrogens with zero attached hydrogens (tertiary/aromatic N) is 2. The third kappa shape index (κ3) is 2.59. The van der Waals surface area contributed by atoms with E-state index in [4.69, 9.17) is 0 Å². The quantitative estimate of drug-likeness (QED) is 0.789. The first-order chi connectivity index (χ1) is 11.2. The summed E-state index contributed by atoms with van der Waals surface area (Å²) in [6, 6.07) is 11.7. The molecule has 23 heavy (non-hydrogen) atoms. The number of pyridine rings is 1. The third-order valence-electron chi connectivity index (χ3n) is 4.42. The van der Waals surface area contributed by atoms with Crippen molar-refractivity contribution >= 4 is 16.9 Å². The minimum absolute atomic E-state index is 0.0401. The maximum Gasteiger partial charge on any atom is 0.253 e. The summed E-state index contributed by atoms with van der Waals surface area (Å²) in [5.74, 6) is -0.0817. The standard InChI is InChI=1S/C18H16FN3O/c19-14-5-3-12(4-6-14)18(23)22-9-7-13(11-22)16-10-17-15(21-16)2-1-8-20-17/h1-6,8,10,13,21H,7,9,11H2. The van der Waals surface area contributed by atoms with Crippen LogP contribution in [0.5, 0.6) is 0 Å². The van der Waals surface area contributed by atoms with Crippen molar-refractivity contribution in [2.24, 2.45) is 0 Å². The lowest BCUT2D eigenvalue weighted by Crippen LogP contribution is -2.28. The molecule has 0 spiro atoms. The van der Waals surface area contributed by atoms with Crippen LogP contribution in [0.3, 0.4) is 0 Å². The molecule has 1 aromatic carbocycles. The molecule has 1 unspecified atom stereocenters. The van der Waals surface area contributed by atoms with Crippen LogP contribution in [0.25, 0.3) is 11.0 Å². The second kappa shape index (κ2) is 5.50. The molecule has 5 heteroatoms. The van der Waals surface area contributed by atoms with E-state index < -0.39 is 0 Å². The Balaban J connectivity index is 1.52. The van der Waals surface area contributed by atoms with E-state index in [2.05, 4.69) is 16.0 Å². The number of hydrogen-bond acceptors (Lipinski definition) is 2. The van der Waals surface area contributed by atoms with Gasteiger partial charge in [-0.2, -0.15) is 0 Å². The number of amides is 1. The molecule has 3 heterocycles. The molecule has 0 bridgehead atoms. The van der Waals surface area contributed by atoms with Gasteiger partial charge < -0.3 is 9.88 Å². The smallest absolute Gasteiger partial charge is 0.253 e. The number of carbonyl (C=O) groups excluding carboxylic acids is 1. The van der Waals surface area contributed by atoms with Gasteiger partial charge in [0.15, 0.2) is 0 Å². The molecule has 1 saturated heterocycles. The molecular formula is C18H16FN3O. The molecule has 4 nitrogen and oxygen atoms in total. The Morgan fingerprint density at radius 2 is 2.09 bits per heavy atom. The molecule has 0 aliphatic carbocycles. The summed E-state index contributed by atoms with van der Waals surface area (Å²) in [6.45, 7) is 1.38. The van der Waals surface area contributed by atoms with E-state index in [-0.39, 0.29) is 17.6 Å². The van der Waals surface area contributed by atoms with Gasteiger partial charge in [0.2, 0.25) is 0 Å². The van der Waals surface area contributed by atoms with Crippen molar-refractivity contribution < 1.29 is 9.18 Å². The number of aromatic amines is 1. The first-order valence-electron chi connectivity index (χ1n) is 7.69. The third-order valence-corrected chi connectivity index (χ3v) is 4.42. The van der Waals surface area contributed by atoms with Gasteiger partial charge >= 0.3 is 0 Å². The predicted octanol–water partition coefficient (Wildman–Crippen LogP) is 3.33. The van der Waals surface area contributed by atoms with Gasteiger partial charge in [-0.05, 0) is 48.9 Å². The first kappa shape index (κ1) is 13.9. The largest absolute Gasteiger partial charge is 0.357 e. The zero-order valence-electron chi connectivity index (χ0n) is 12.5. The van der Waals surface area contributed by atoms with Crippen molar-refractivity contribution in [3.63, 3.8) is 0 Å². The molecule has 0 saturated carbocycles. The van der Waals surface area contributed by atoms with Crippen molar-refractivity contribution in [3.8, 4) is 0 Å². The van der Waals surface area contributed by atoms with Crippen molar-refractivity contribution in [3.05, 3.63) is 65.7 Å². The lowest BCUT2D eigenvalue weighted by Gasteiger charge is -2.16. The summed E-state index contributed by atoms with van der Waals surface area (Å²) in [6.07, 6.45) is 2.69. The minimum Gasteiger partial charge on any atom is -0.357 e. The number of benzene rings is 1. The maximum atomic E-state index is 13.0. The SMILES string of the molecule is O=C(c1ccc(F)cc1)N1CCC(c2cc3ncccc3[nH]2)C1. The Morgan fingerprint density at radius 1 is 1.26 bits per heavy atom. The average Bonchev–Trinajstić information content (AvgIpc) is 3.21. The number of halogens is 1. The number of nitrogens with one attached hydrogen (secondary N) is 1. The van der Waals surface area contributed by atoms with Crippen LogP contribution in [0.15, 0.2) is 48.7 Å². The van der Waals surface area contributed by atoms with Crippen molar-refractivity contribution in [2.75, 3.05) is 13.1 Å². The zero-order valence-corrected chi connectivity index (χ0v) is 12.5. The highest BCUT2D eigenvalue weighted by atomic mass is 19.1. The number of fused-ring (bicyclic) bond motifs is 1. The Labute approximate surface area is 133 Å². The van der Waals surface area contributed by atoms with E-state index in [0.29, 0.717) is 18.7 Å². The average molecular weight is 309 g/mol. The lowest BCUT2D eigenvalue weighted by atomic mass is 10.1. The van der Waals surface area contributed by atoms with E-state index in [9.17, 15) is 9.18 Å². The number of aromatic nitrogens is 2. The first-order valence-corrected chi connectivity index (χ1v) is 7.69. The van der Waals surface area contributed by atoms with Crippen LogP contribution >= 0.6 is 0 Å². The van der Waals surface area contributed by atoms with Gasteiger partial charge in [-0.1, -0.05) is 0 Å². The lowest BCUT2D eigenvalue weighted by molar-refractivity contribution is 0.0790. The minimum atomic E-state index is -0.327. The van der Waals surface area contributed by atoms with Gasteiger partial charge in [0.05, 0.1) is 11.0 Å². The summed E-state index contributed by atoms with van der Waals surface area (Å²) in [5, 5.41) is 0. The van der Waals surface area contributed by atoms with Gasteiger partial charge in [0.1, 0.15) is 5.82 Å². The molecule has 1 N–H and O–H groups in total. The molecule has 0 radical (unpaired) electrons. The molecule has 1 amide bonds. The van der Waals surface area contributed by atoms with Gasteiger partial charge in [0.25, 0.3) is 5.91 Å². The molecular weight excluding hydrogens is 293 g/mol. The highest BCUT2D eigenvalue weighted by molar-refractivity contribution is 5.94. The fraction of sp³-hybridized carbons (Fsp3) is 0.222. The predicted molar refractivity (Wildman–Crippen MR) is 85.8 cm³/mol. The number of hydrogen-bond donors (Lipinski definition) is 1. The number of carbonyl (C=O) groups is 1. The van der Waals surface area contributed by atoms with E-state index in [1.165, 1.54) is 24.3 Å². The van der Waals surface area contributed by atoms with E-state index in [1.807, 2.05) is 17.0 Å². The Bertz CT molecular complexity index is 823. The number of likely N-dealkylation sites (tertiary alicyclic amines) is 1. The Morgan fingerprint density at radius 3 is 2.87 bits per heavy atom.